The Hall–Kier alpha value is -1.51. The largest absolute Gasteiger partial charge is 0.294 e. The van der Waals surface area contributed by atoms with Crippen molar-refractivity contribution in [3.63, 3.8) is 0 Å². The van der Waals surface area contributed by atoms with Crippen molar-refractivity contribution in [3.05, 3.63) is 35.1 Å². The first kappa shape index (κ1) is 8.59. The van der Waals surface area contributed by atoms with Gasteiger partial charge in [0.25, 0.3) is 0 Å². The van der Waals surface area contributed by atoms with Crippen LogP contribution in [0.25, 0.3) is 0 Å². The topological polar surface area (TPSA) is 34.1 Å². The number of ketones is 1. The van der Waals surface area contributed by atoms with Gasteiger partial charge in [-0.3, -0.25) is 9.59 Å². The lowest BCUT2D eigenvalue weighted by Crippen LogP contribution is -2.02. The number of Topliss-reactive ketones (excluding diaryl/α,β-unsaturated/α-hetero) is 1. The number of benzene rings is 1. The normalized spacial score (nSPS) is 9.50. The molecule has 62 valence electrons. The van der Waals surface area contributed by atoms with E-state index < -0.39 is 11.6 Å². The molecule has 0 spiro atoms. The van der Waals surface area contributed by atoms with Crippen LogP contribution in [0, 0.1) is 12.7 Å². The van der Waals surface area contributed by atoms with Gasteiger partial charge in [-0.1, -0.05) is 0 Å². The van der Waals surface area contributed by atoms with E-state index in [1.165, 1.54) is 12.1 Å². The average Bonchev–Trinajstić information content (AvgIpc) is 2.03. The zero-order valence-corrected chi connectivity index (χ0v) is 6.50. The molecule has 0 aliphatic heterocycles. The summed E-state index contributed by atoms with van der Waals surface area (Å²) in [5.74, 6) is -1.03. The third-order valence-corrected chi connectivity index (χ3v) is 1.56. The molecule has 2 nitrogen and oxygen atoms in total. The summed E-state index contributed by atoms with van der Waals surface area (Å²) in [6, 6.07) is 3.68. The monoisotopic (exact) mass is 166 g/mol. The molecule has 0 aliphatic carbocycles. The first-order valence-electron chi connectivity index (χ1n) is 3.41. The molecule has 0 fully saturated rings. The maximum atomic E-state index is 12.5. The van der Waals surface area contributed by atoms with Crippen LogP contribution < -0.4 is 0 Å². The predicted octanol–water partition coefficient (Wildman–Crippen LogP) is 1.52. The van der Waals surface area contributed by atoms with E-state index >= 15 is 0 Å². The highest BCUT2D eigenvalue weighted by Gasteiger charge is 2.07. The van der Waals surface area contributed by atoms with Crippen LogP contribution in [0.3, 0.4) is 0 Å². The summed E-state index contributed by atoms with van der Waals surface area (Å²) < 4.78 is 12.5. The molecular formula is C9H7FO2. The zero-order valence-electron chi connectivity index (χ0n) is 6.50. The van der Waals surface area contributed by atoms with Gasteiger partial charge in [0.2, 0.25) is 5.78 Å². The van der Waals surface area contributed by atoms with Gasteiger partial charge in [0.1, 0.15) is 5.82 Å². The van der Waals surface area contributed by atoms with Crippen LogP contribution in [-0.4, -0.2) is 12.1 Å². The van der Waals surface area contributed by atoms with E-state index in [1.807, 2.05) is 0 Å². The summed E-state index contributed by atoms with van der Waals surface area (Å²) in [5.41, 5.74) is 0.735. The summed E-state index contributed by atoms with van der Waals surface area (Å²) in [4.78, 5) is 21.0. The minimum Gasteiger partial charge on any atom is -0.294 e. The fourth-order valence-electron chi connectivity index (χ4n) is 0.967. The van der Waals surface area contributed by atoms with Crippen molar-refractivity contribution in [2.24, 2.45) is 0 Å². The van der Waals surface area contributed by atoms with E-state index in [0.717, 1.165) is 6.07 Å². The maximum Gasteiger partial charge on any atom is 0.225 e. The quantitative estimate of drug-likeness (QED) is 0.379. The van der Waals surface area contributed by atoms with Gasteiger partial charge in [-0.25, -0.2) is 4.39 Å². The van der Waals surface area contributed by atoms with Crippen molar-refractivity contribution < 1.29 is 14.0 Å². The van der Waals surface area contributed by atoms with Crippen LogP contribution in [0.5, 0.6) is 0 Å². The smallest absolute Gasteiger partial charge is 0.225 e. The molecule has 0 radical (unpaired) electrons. The van der Waals surface area contributed by atoms with Crippen molar-refractivity contribution in [2.45, 2.75) is 6.92 Å². The molecule has 0 bridgehead atoms. The van der Waals surface area contributed by atoms with Gasteiger partial charge in [0, 0.05) is 5.56 Å². The molecule has 0 unspecified atom stereocenters. The summed E-state index contributed by atoms with van der Waals surface area (Å²) in [6.07, 6.45) is 0.222. The van der Waals surface area contributed by atoms with Crippen molar-refractivity contribution in [2.75, 3.05) is 0 Å². The minimum atomic E-state index is -0.618. The summed E-state index contributed by atoms with van der Waals surface area (Å²) in [5, 5.41) is 0. The van der Waals surface area contributed by atoms with Gasteiger partial charge < -0.3 is 0 Å². The zero-order chi connectivity index (χ0) is 9.14. The van der Waals surface area contributed by atoms with E-state index in [2.05, 4.69) is 0 Å². The first-order valence-corrected chi connectivity index (χ1v) is 3.41. The summed E-state index contributed by atoms with van der Waals surface area (Å²) in [6.45, 7) is 1.58. The molecule has 0 aromatic heterocycles. The molecular weight excluding hydrogens is 159 g/mol. The Morgan fingerprint density at radius 3 is 2.67 bits per heavy atom. The Labute approximate surface area is 69.0 Å². The molecule has 1 aromatic carbocycles. The van der Waals surface area contributed by atoms with Gasteiger partial charge in [0.05, 0.1) is 0 Å². The molecule has 0 N–H and O–H groups in total. The molecule has 12 heavy (non-hydrogen) atoms. The number of halogens is 1. The summed E-state index contributed by atoms with van der Waals surface area (Å²) >= 11 is 0. The van der Waals surface area contributed by atoms with E-state index in [0.29, 0.717) is 5.56 Å². The second-order valence-corrected chi connectivity index (χ2v) is 2.44. The average molecular weight is 166 g/mol. The molecule has 3 heteroatoms. The van der Waals surface area contributed by atoms with Crippen LogP contribution in [-0.2, 0) is 4.79 Å². The number of carbonyl (C=O) groups is 2. The fourth-order valence-corrected chi connectivity index (χ4v) is 0.967. The predicted molar refractivity (Wildman–Crippen MR) is 41.5 cm³/mol. The molecule has 1 aromatic rings. The lowest BCUT2D eigenvalue weighted by atomic mass is 10.1. The van der Waals surface area contributed by atoms with Crippen LogP contribution in [0.2, 0.25) is 0 Å². The Morgan fingerprint density at radius 2 is 2.17 bits per heavy atom. The number of hydrogen-bond acceptors (Lipinski definition) is 2. The van der Waals surface area contributed by atoms with Crippen molar-refractivity contribution >= 4 is 12.1 Å². The lowest BCUT2D eigenvalue weighted by molar-refractivity contribution is -0.104. The SMILES string of the molecule is Cc1cc(F)ccc1C(=O)C=O. The molecule has 0 aliphatic rings. The second-order valence-electron chi connectivity index (χ2n) is 2.44. The van der Waals surface area contributed by atoms with E-state index in [4.69, 9.17) is 0 Å². The van der Waals surface area contributed by atoms with E-state index in [1.54, 1.807) is 6.92 Å². The summed E-state index contributed by atoms with van der Waals surface area (Å²) in [7, 11) is 0. The van der Waals surface area contributed by atoms with Crippen LogP contribution >= 0.6 is 0 Å². The van der Waals surface area contributed by atoms with Crippen molar-refractivity contribution in [1.29, 1.82) is 0 Å². The molecule has 0 saturated heterocycles. The second kappa shape index (κ2) is 3.26. The standard InChI is InChI=1S/C9H7FO2/c1-6-4-7(10)2-3-8(6)9(12)5-11/h2-5H,1H3. The van der Waals surface area contributed by atoms with Gasteiger partial charge in [-0.15, -0.1) is 0 Å². The molecule has 1 rings (SSSR count). The lowest BCUT2D eigenvalue weighted by Gasteiger charge is -1.98. The molecule has 0 heterocycles. The van der Waals surface area contributed by atoms with Gasteiger partial charge in [-0.05, 0) is 30.7 Å². The fraction of sp³-hybridized carbons (Fsp3) is 0.111. The van der Waals surface area contributed by atoms with Gasteiger partial charge >= 0.3 is 0 Å². The number of aryl methyl sites for hydroxylation is 1. The van der Waals surface area contributed by atoms with Crippen molar-refractivity contribution in [3.8, 4) is 0 Å². The van der Waals surface area contributed by atoms with Crippen molar-refractivity contribution in [1.82, 2.24) is 0 Å². The van der Waals surface area contributed by atoms with Crippen LogP contribution in [0.1, 0.15) is 15.9 Å². The highest BCUT2D eigenvalue weighted by atomic mass is 19.1. The number of rotatable bonds is 2. The third kappa shape index (κ3) is 1.56. The number of aldehydes is 1. The molecule has 0 amide bonds. The Balaban J connectivity index is 3.18. The van der Waals surface area contributed by atoms with E-state index in [9.17, 15) is 14.0 Å². The minimum absolute atomic E-state index is 0.222. The van der Waals surface area contributed by atoms with E-state index in [-0.39, 0.29) is 11.8 Å². The highest BCUT2D eigenvalue weighted by molar-refractivity contribution is 6.33. The van der Waals surface area contributed by atoms with Crippen LogP contribution in [0.15, 0.2) is 18.2 Å². The molecule has 0 saturated carbocycles. The third-order valence-electron chi connectivity index (χ3n) is 1.56. The first-order chi connectivity index (χ1) is 5.65. The maximum absolute atomic E-state index is 12.5. The Kier molecular flexibility index (Phi) is 2.33. The van der Waals surface area contributed by atoms with Gasteiger partial charge in [-0.2, -0.15) is 0 Å². The Bertz CT molecular complexity index is 331. The molecule has 0 atom stereocenters. The number of carbonyl (C=O) groups excluding carboxylic acids is 2. The van der Waals surface area contributed by atoms with Gasteiger partial charge in [0.15, 0.2) is 6.29 Å². The number of hydrogen-bond donors (Lipinski definition) is 0. The highest BCUT2D eigenvalue weighted by Crippen LogP contribution is 2.09. The van der Waals surface area contributed by atoms with Crippen LogP contribution in [0.4, 0.5) is 4.39 Å². The Morgan fingerprint density at radius 1 is 1.50 bits per heavy atom.